The monoisotopic (exact) mass is 301 g/mol. The summed E-state index contributed by atoms with van der Waals surface area (Å²) in [6.07, 6.45) is 4.71. The van der Waals surface area contributed by atoms with Crippen LogP contribution in [0.3, 0.4) is 0 Å². The molecule has 0 aromatic heterocycles. The lowest BCUT2D eigenvalue weighted by Gasteiger charge is -2.32. The van der Waals surface area contributed by atoms with E-state index in [-0.39, 0.29) is 5.91 Å². The van der Waals surface area contributed by atoms with Crippen LogP contribution in [0.25, 0.3) is 0 Å². The minimum atomic E-state index is 0.192. The number of hydrogen-bond acceptors (Lipinski definition) is 3. The summed E-state index contributed by atoms with van der Waals surface area (Å²) in [6.45, 7) is 5.08. The van der Waals surface area contributed by atoms with Crippen molar-refractivity contribution in [2.75, 3.05) is 33.2 Å². The average molecular weight is 301 g/mol. The van der Waals surface area contributed by atoms with E-state index in [1.54, 1.807) is 0 Å². The fourth-order valence-electron chi connectivity index (χ4n) is 3.56. The summed E-state index contributed by atoms with van der Waals surface area (Å²) in [7, 11) is 2.00. The lowest BCUT2D eigenvalue weighted by molar-refractivity contribution is 0.0707. The first-order valence-electron chi connectivity index (χ1n) is 8.54. The summed E-state index contributed by atoms with van der Waals surface area (Å²) in [6, 6.07) is 8.78. The van der Waals surface area contributed by atoms with Crippen LogP contribution in [0.15, 0.2) is 24.3 Å². The Hall–Kier alpha value is -1.39. The number of likely N-dealkylation sites (tertiary alicyclic amines) is 2. The van der Waals surface area contributed by atoms with Gasteiger partial charge >= 0.3 is 0 Å². The van der Waals surface area contributed by atoms with Gasteiger partial charge in [0.2, 0.25) is 0 Å². The summed E-state index contributed by atoms with van der Waals surface area (Å²) < 4.78 is 0. The Morgan fingerprint density at radius 2 is 1.91 bits per heavy atom. The zero-order valence-electron chi connectivity index (χ0n) is 13.6. The molecule has 1 amide bonds. The summed E-state index contributed by atoms with van der Waals surface area (Å²) >= 11 is 0. The van der Waals surface area contributed by atoms with E-state index in [2.05, 4.69) is 22.3 Å². The number of piperidine rings is 1. The first-order chi connectivity index (χ1) is 10.8. The largest absolute Gasteiger partial charge is 0.339 e. The highest BCUT2D eigenvalue weighted by Crippen LogP contribution is 2.17. The van der Waals surface area contributed by atoms with Gasteiger partial charge in [0.15, 0.2) is 0 Å². The number of hydrogen-bond donors (Lipinski definition) is 1. The molecule has 0 bridgehead atoms. The molecule has 4 nitrogen and oxygen atoms in total. The summed E-state index contributed by atoms with van der Waals surface area (Å²) in [5, 5.41) is 3.31. The molecule has 3 rings (SSSR count). The van der Waals surface area contributed by atoms with E-state index in [0.717, 1.165) is 38.0 Å². The smallest absolute Gasteiger partial charge is 0.253 e. The van der Waals surface area contributed by atoms with Gasteiger partial charge in [-0.3, -0.25) is 9.69 Å². The molecule has 2 fully saturated rings. The maximum Gasteiger partial charge on any atom is 0.253 e. The Bertz CT molecular complexity index is 503. The number of rotatable bonds is 4. The number of carbonyl (C=O) groups excluding carboxylic acids is 1. The van der Waals surface area contributed by atoms with Crippen molar-refractivity contribution in [3.8, 4) is 0 Å². The molecule has 0 saturated carbocycles. The molecule has 0 radical (unpaired) electrons. The second-order valence-electron chi connectivity index (χ2n) is 6.54. The highest BCUT2D eigenvalue weighted by molar-refractivity contribution is 5.94. The molecule has 0 spiro atoms. The van der Waals surface area contributed by atoms with Gasteiger partial charge in [-0.05, 0) is 63.5 Å². The van der Waals surface area contributed by atoms with Crippen LogP contribution >= 0.6 is 0 Å². The van der Waals surface area contributed by atoms with Crippen molar-refractivity contribution in [2.45, 2.75) is 38.3 Å². The molecule has 0 unspecified atom stereocenters. The number of nitrogens with zero attached hydrogens (tertiary/aromatic N) is 2. The fourth-order valence-corrected chi connectivity index (χ4v) is 3.56. The predicted octanol–water partition coefficient (Wildman–Crippen LogP) is 2.11. The molecule has 2 saturated heterocycles. The minimum Gasteiger partial charge on any atom is -0.339 e. The van der Waals surface area contributed by atoms with Gasteiger partial charge < -0.3 is 10.2 Å². The lowest BCUT2D eigenvalue weighted by atomic mass is 10.0. The van der Waals surface area contributed by atoms with Gasteiger partial charge in [-0.1, -0.05) is 12.1 Å². The molecule has 1 N–H and O–H groups in total. The number of amides is 1. The second kappa shape index (κ2) is 7.25. The zero-order chi connectivity index (χ0) is 15.4. The Morgan fingerprint density at radius 3 is 2.59 bits per heavy atom. The van der Waals surface area contributed by atoms with Gasteiger partial charge in [-0.15, -0.1) is 0 Å². The molecular formula is C18H27N3O. The van der Waals surface area contributed by atoms with E-state index < -0.39 is 0 Å². The maximum atomic E-state index is 12.7. The second-order valence-corrected chi connectivity index (χ2v) is 6.54. The Labute approximate surface area is 133 Å². The van der Waals surface area contributed by atoms with Crippen molar-refractivity contribution >= 4 is 5.91 Å². The van der Waals surface area contributed by atoms with Crippen LogP contribution in [-0.4, -0.2) is 55.0 Å². The van der Waals surface area contributed by atoms with Crippen molar-refractivity contribution in [2.24, 2.45) is 0 Å². The van der Waals surface area contributed by atoms with Gasteiger partial charge in [0.1, 0.15) is 0 Å². The Kier molecular flexibility index (Phi) is 5.11. The Morgan fingerprint density at radius 1 is 1.18 bits per heavy atom. The van der Waals surface area contributed by atoms with Crippen LogP contribution in [0.1, 0.15) is 41.6 Å². The first-order valence-corrected chi connectivity index (χ1v) is 8.54. The van der Waals surface area contributed by atoms with Crippen LogP contribution in [0.4, 0.5) is 0 Å². The number of carbonyl (C=O) groups is 1. The van der Waals surface area contributed by atoms with Crippen molar-refractivity contribution in [3.05, 3.63) is 35.4 Å². The molecule has 120 valence electrons. The van der Waals surface area contributed by atoms with Crippen molar-refractivity contribution in [1.82, 2.24) is 15.1 Å². The molecule has 22 heavy (non-hydrogen) atoms. The zero-order valence-corrected chi connectivity index (χ0v) is 13.6. The quantitative estimate of drug-likeness (QED) is 0.925. The third kappa shape index (κ3) is 3.68. The van der Waals surface area contributed by atoms with Crippen LogP contribution in [0.2, 0.25) is 0 Å². The fraction of sp³-hybridized carbons (Fsp3) is 0.611. The van der Waals surface area contributed by atoms with Gasteiger partial charge in [0.05, 0.1) is 0 Å². The summed E-state index contributed by atoms with van der Waals surface area (Å²) in [4.78, 5) is 17.2. The van der Waals surface area contributed by atoms with E-state index in [1.807, 2.05) is 24.1 Å². The van der Waals surface area contributed by atoms with Gasteiger partial charge in [-0.25, -0.2) is 0 Å². The summed E-state index contributed by atoms with van der Waals surface area (Å²) in [5.74, 6) is 0.192. The van der Waals surface area contributed by atoms with E-state index in [4.69, 9.17) is 0 Å². The number of nitrogens with one attached hydrogen (secondary N) is 1. The standard InChI is InChI=1S/C18H27N3O/c1-19-17-7-11-21(12-8-17)18(22)16-6-4-5-15(13-16)14-20-9-2-3-10-20/h4-6,13,17,19H,2-3,7-12,14H2,1H3. The molecule has 2 aliphatic rings. The van der Waals surface area contributed by atoms with E-state index >= 15 is 0 Å². The Balaban J connectivity index is 1.62. The minimum absolute atomic E-state index is 0.192. The molecule has 1 aromatic carbocycles. The lowest BCUT2D eigenvalue weighted by Crippen LogP contribution is -2.43. The third-order valence-electron chi connectivity index (χ3n) is 4.97. The molecule has 0 aliphatic carbocycles. The van der Waals surface area contributed by atoms with E-state index in [0.29, 0.717) is 6.04 Å². The third-order valence-corrected chi connectivity index (χ3v) is 4.97. The van der Waals surface area contributed by atoms with Crippen LogP contribution in [0.5, 0.6) is 0 Å². The normalized spacial score (nSPS) is 20.5. The highest BCUT2D eigenvalue weighted by Gasteiger charge is 2.23. The summed E-state index contributed by atoms with van der Waals surface area (Å²) in [5.41, 5.74) is 2.11. The SMILES string of the molecule is CNC1CCN(C(=O)c2cccc(CN3CCCC3)c2)CC1. The van der Waals surface area contributed by atoms with Crippen molar-refractivity contribution < 1.29 is 4.79 Å². The topological polar surface area (TPSA) is 35.6 Å². The predicted molar refractivity (Wildman–Crippen MR) is 88.9 cm³/mol. The van der Waals surface area contributed by atoms with Gasteiger partial charge in [0.25, 0.3) is 5.91 Å². The number of benzene rings is 1. The highest BCUT2D eigenvalue weighted by atomic mass is 16.2. The van der Waals surface area contributed by atoms with Crippen molar-refractivity contribution in [3.63, 3.8) is 0 Å². The molecule has 1 aromatic rings. The van der Waals surface area contributed by atoms with Crippen LogP contribution < -0.4 is 5.32 Å². The van der Waals surface area contributed by atoms with Crippen molar-refractivity contribution in [1.29, 1.82) is 0 Å². The van der Waals surface area contributed by atoms with Gasteiger partial charge in [0, 0.05) is 31.2 Å². The molecule has 4 heteroatoms. The average Bonchev–Trinajstić information content (AvgIpc) is 3.07. The molecule has 2 aliphatic heterocycles. The maximum absolute atomic E-state index is 12.7. The van der Waals surface area contributed by atoms with Crippen LogP contribution in [0, 0.1) is 0 Å². The molecule has 0 atom stereocenters. The molecule has 2 heterocycles. The molecular weight excluding hydrogens is 274 g/mol. The van der Waals surface area contributed by atoms with E-state index in [1.165, 1.54) is 31.5 Å². The van der Waals surface area contributed by atoms with Crippen LogP contribution in [-0.2, 0) is 6.54 Å². The van der Waals surface area contributed by atoms with E-state index in [9.17, 15) is 4.79 Å². The first kappa shape index (κ1) is 15.5. The van der Waals surface area contributed by atoms with Gasteiger partial charge in [-0.2, -0.15) is 0 Å².